The molecular weight excluding hydrogens is 398 g/mol. The molecule has 2 aromatic carbocycles. The topological polar surface area (TPSA) is 57.2 Å². The summed E-state index contributed by atoms with van der Waals surface area (Å²) in [5, 5.41) is 0. The molecule has 1 fully saturated rings. The standard InChI is InChI=1S/C20H19NO5S2/c1-23-13-6-5-12(16(10-13)25-3)9-18-19(22)21(20(27)28-18)15-8-7-14(24-2)11-17(15)26-4/h5-11H,1-4H3. The highest BCUT2D eigenvalue weighted by molar-refractivity contribution is 8.27. The number of benzene rings is 2. The van der Waals surface area contributed by atoms with Gasteiger partial charge in [-0.15, -0.1) is 0 Å². The predicted molar refractivity (Wildman–Crippen MR) is 115 cm³/mol. The number of carbonyl (C=O) groups is 1. The van der Waals surface area contributed by atoms with Crippen molar-refractivity contribution in [2.45, 2.75) is 0 Å². The summed E-state index contributed by atoms with van der Waals surface area (Å²) in [5.41, 5.74) is 1.32. The monoisotopic (exact) mass is 417 g/mol. The van der Waals surface area contributed by atoms with Gasteiger partial charge in [-0.25, -0.2) is 0 Å². The van der Waals surface area contributed by atoms with Gasteiger partial charge in [0.15, 0.2) is 4.32 Å². The van der Waals surface area contributed by atoms with Crippen LogP contribution in [0.2, 0.25) is 0 Å². The maximum atomic E-state index is 13.1. The van der Waals surface area contributed by atoms with Crippen molar-refractivity contribution in [1.29, 1.82) is 0 Å². The molecule has 1 aliphatic heterocycles. The fraction of sp³-hybridized carbons (Fsp3) is 0.200. The summed E-state index contributed by atoms with van der Waals surface area (Å²) >= 11 is 6.68. The van der Waals surface area contributed by atoms with Crippen LogP contribution in [-0.4, -0.2) is 38.7 Å². The second kappa shape index (κ2) is 8.53. The number of carbonyl (C=O) groups excluding carboxylic acids is 1. The number of hydrogen-bond acceptors (Lipinski definition) is 7. The lowest BCUT2D eigenvalue weighted by atomic mass is 10.1. The molecule has 0 saturated carbocycles. The van der Waals surface area contributed by atoms with Gasteiger partial charge in [0.05, 0.1) is 39.0 Å². The minimum absolute atomic E-state index is 0.226. The molecule has 1 heterocycles. The van der Waals surface area contributed by atoms with Crippen LogP contribution < -0.4 is 23.8 Å². The van der Waals surface area contributed by atoms with E-state index in [1.54, 1.807) is 51.7 Å². The normalized spacial score (nSPS) is 15.1. The Morgan fingerprint density at radius 1 is 0.893 bits per heavy atom. The van der Waals surface area contributed by atoms with Crippen molar-refractivity contribution in [2.75, 3.05) is 33.3 Å². The van der Waals surface area contributed by atoms with Gasteiger partial charge < -0.3 is 18.9 Å². The molecule has 146 valence electrons. The van der Waals surface area contributed by atoms with E-state index < -0.39 is 0 Å². The van der Waals surface area contributed by atoms with E-state index in [-0.39, 0.29) is 5.91 Å². The van der Waals surface area contributed by atoms with Crippen LogP contribution in [0.3, 0.4) is 0 Å². The second-order valence-electron chi connectivity index (χ2n) is 5.66. The number of rotatable bonds is 6. The van der Waals surface area contributed by atoms with E-state index in [9.17, 15) is 4.79 Å². The number of amides is 1. The first-order valence-electron chi connectivity index (χ1n) is 8.24. The Labute approximate surface area is 173 Å². The quantitative estimate of drug-likeness (QED) is 0.517. The Bertz CT molecular complexity index is 958. The largest absolute Gasteiger partial charge is 0.497 e. The van der Waals surface area contributed by atoms with Crippen LogP contribution in [0.15, 0.2) is 41.3 Å². The maximum absolute atomic E-state index is 13.1. The lowest BCUT2D eigenvalue weighted by Crippen LogP contribution is -2.27. The third kappa shape index (κ3) is 3.79. The zero-order valence-corrected chi connectivity index (χ0v) is 17.5. The van der Waals surface area contributed by atoms with Gasteiger partial charge >= 0.3 is 0 Å². The molecule has 0 spiro atoms. The Balaban J connectivity index is 1.98. The number of ether oxygens (including phenoxy) is 4. The predicted octanol–water partition coefficient (Wildman–Crippen LogP) is 4.13. The van der Waals surface area contributed by atoms with Crippen LogP contribution in [0.25, 0.3) is 6.08 Å². The second-order valence-corrected chi connectivity index (χ2v) is 7.34. The molecule has 0 aromatic heterocycles. The van der Waals surface area contributed by atoms with Crippen molar-refractivity contribution in [3.8, 4) is 23.0 Å². The molecule has 2 aromatic rings. The van der Waals surface area contributed by atoms with E-state index in [1.807, 2.05) is 12.1 Å². The minimum atomic E-state index is -0.226. The van der Waals surface area contributed by atoms with E-state index in [0.717, 1.165) is 5.56 Å². The molecule has 3 rings (SSSR count). The maximum Gasteiger partial charge on any atom is 0.270 e. The summed E-state index contributed by atoms with van der Waals surface area (Å²) in [5.74, 6) is 2.18. The van der Waals surface area contributed by atoms with Crippen molar-refractivity contribution in [1.82, 2.24) is 0 Å². The van der Waals surface area contributed by atoms with E-state index in [0.29, 0.717) is 37.9 Å². The fourth-order valence-electron chi connectivity index (χ4n) is 2.72. The summed E-state index contributed by atoms with van der Waals surface area (Å²) in [7, 11) is 6.26. The molecular formula is C20H19NO5S2. The molecule has 1 amide bonds. The molecule has 6 nitrogen and oxygen atoms in total. The number of methoxy groups -OCH3 is 4. The molecule has 0 N–H and O–H groups in total. The molecule has 1 aliphatic rings. The third-order valence-corrected chi connectivity index (χ3v) is 5.45. The van der Waals surface area contributed by atoms with E-state index >= 15 is 0 Å². The number of thioether (sulfide) groups is 1. The van der Waals surface area contributed by atoms with Crippen molar-refractivity contribution in [2.24, 2.45) is 0 Å². The molecule has 0 aliphatic carbocycles. The van der Waals surface area contributed by atoms with Crippen LogP contribution in [0.1, 0.15) is 5.56 Å². The highest BCUT2D eigenvalue weighted by Crippen LogP contribution is 2.41. The van der Waals surface area contributed by atoms with Gasteiger partial charge in [0.1, 0.15) is 23.0 Å². The molecule has 1 saturated heterocycles. The van der Waals surface area contributed by atoms with Crippen LogP contribution in [-0.2, 0) is 4.79 Å². The summed E-state index contributed by atoms with van der Waals surface area (Å²) in [4.78, 5) is 15.0. The van der Waals surface area contributed by atoms with E-state index in [1.165, 1.54) is 23.8 Å². The Morgan fingerprint density at radius 3 is 2.11 bits per heavy atom. The van der Waals surface area contributed by atoms with Gasteiger partial charge in [-0.3, -0.25) is 9.69 Å². The van der Waals surface area contributed by atoms with Crippen molar-refractivity contribution in [3.05, 3.63) is 46.9 Å². The molecule has 0 bridgehead atoms. The van der Waals surface area contributed by atoms with E-state index in [2.05, 4.69) is 0 Å². The first kappa shape index (κ1) is 20.0. The smallest absolute Gasteiger partial charge is 0.270 e. The van der Waals surface area contributed by atoms with Crippen molar-refractivity contribution in [3.63, 3.8) is 0 Å². The average molecular weight is 418 g/mol. The first-order chi connectivity index (χ1) is 13.5. The zero-order valence-electron chi connectivity index (χ0n) is 15.8. The Hall–Kier alpha value is -2.71. The van der Waals surface area contributed by atoms with Gasteiger partial charge in [0, 0.05) is 17.7 Å². The summed E-state index contributed by atoms with van der Waals surface area (Å²) in [6.07, 6.45) is 1.76. The van der Waals surface area contributed by atoms with Gasteiger partial charge in [0.2, 0.25) is 0 Å². The number of nitrogens with zero attached hydrogens (tertiary/aromatic N) is 1. The Kier molecular flexibility index (Phi) is 6.11. The van der Waals surface area contributed by atoms with E-state index in [4.69, 9.17) is 31.2 Å². The van der Waals surface area contributed by atoms with Gasteiger partial charge in [-0.1, -0.05) is 24.0 Å². The lowest BCUT2D eigenvalue weighted by Gasteiger charge is -2.18. The molecule has 0 unspecified atom stereocenters. The summed E-state index contributed by atoms with van der Waals surface area (Å²) in [6, 6.07) is 10.6. The van der Waals surface area contributed by atoms with Crippen LogP contribution in [0, 0.1) is 0 Å². The van der Waals surface area contributed by atoms with Gasteiger partial charge in [-0.05, 0) is 30.3 Å². The number of hydrogen-bond donors (Lipinski definition) is 0. The number of anilines is 1. The lowest BCUT2D eigenvalue weighted by molar-refractivity contribution is -0.113. The minimum Gasteiger partial charge on any atom is -0.497 e. The Morgan fingerprint density at radius 2 is 1.50 bits per heavy atom. The van der Waals surface area contributed by atoms with Gasteiger partial charge in [0.25, 0.3) is 5.91 Å². The fourth-order valence-corrected chi connectivity index (χ4v) is 4.00. The third-order valence-electron chi connectivity index (χ3n) is 4.15. The number of thiocarbonyl (C=S) groups is 1. The van der Waals surface area contributed by atoms with Crippen LogP contribution in [0.5, 0.6) is 23.0 Å². The highest BCUT2D eigenvalue weighted by Gasteiger charge is 2.35. The zero-order chi connectivity index (χ0) is 20.3. The molecule has 28 heavy (non-hydrogen) atoms. The van der Waals surface area contributed by atoms with Crippen LogP contribution >= 0.6 is 24.0 Å². The SMILES string of the molecule is COc1ccc(C=C2SC(=S)N(c3ccc(OC)cc3OC)C2=O)c(OC)c1. The summed E-state index contributed by atoms with van der Waals surface area (Å²) in [6.45, 7) is 0. The molecule has 0 atom stereocenters. The van der Waals surface area contributed by atoms with Crippen LogP contribution in [0.4, 0.5) is 5.69 Å². The first-order valence-corrected chi connectivity index (χ1v) is 9.46. The van der Waals surface area contributed by atoms with Gasteiger partial charge in [-0.2, -0.15) is 0 Å². The van der Waals surface area contributed by atoms with Crippen molar-refractivity contribution < 1.29 is 23.7 Å². The molecule has 0 radical (unpaired) electrons. The van der Waals surface area contributed by atoms with Crippen molar-refractivity contribution >= 4 is 46.0 Å². The average Bonchev–Trinajstić information content (AvgIpc) is 3.00. The summed E-state index contributed by atoms with van der Waals surface area (Å²) < 4.78 is 21.7. The molecule has 8 heteroatoms. The highest BCUT2D eigenvalue weighted by atomic mass is 32.2.